The maximum Gasteiger partial charge on any atom is 0.295 e. The summed E-state index contributed by atoms with van der Waals surface area (Å²) in [6.45, 7) is 4.64. The first-order chi connectivity index (χ1) is 9.51. The number of oxazole rings is 1. The van der Waals surface area contributed by atoms with Crippen molar-refractivity contribution in [3.8, 4) is 0 Å². The first-order valence-corrected chi connectivity index (χ1v) is 6.31. The molecule has 0 amide bonds. The van der Waals surface area contributed by atoms with Gasteiger partial charge in [-0.3, -0.25) is 10.1 Å². The Morgan fingerprint density at radius 3 is 2.85 bits per heavy atom. The number of nitro groups is 1. The number of nitrogens with one attached hydrogen (secondary N) is 1. The van der Waals surface area contributed by atoms with Gasteiger partial charge < -0.3 is 14.5 Å². The summed E-state index contributed by atoms with van der Waals surface area (Å²) in [6.07, 6.45) is 0. The molecular weight excluding hydrogens is 262 g/mol. The van der Waals surface area contributed by atoms with Gasteiger partial charge in [0.05, 0.1) is 23.6 Å². The molecule has 1 heterocycles. The number of anilines is 1. The van der Waals surface area contributed by atoms with Crippen molar-refractivity contribution < 1.29 is 14.1 Å². The van der Waals surface area contributed by atoms with Gasteiger partial charge in [-0.25, -0.2) is 0 Å². The number of benzene rings is 1. The van der Waals surface area contributed by atoms with Crippen molar-refractivity contribution >= 4 is 22.8 Å². The average molecular weight is 279 g/mol. The molecular formula is C13H17N3O4. The van der Waals surface area contributed by atoms with Gasteiger partial charge in [0.1, 0.15) is 5.52 Å². The second kappa shape index (κ2) is 5.87. The molecule has 0 fully saturated rings. The van der Waals surface area contributed by atoms with E-state index in [0.717, 1.165) is 0 Å². The highest BCUT2D eigenvalue weighted by molar-refractivity contribution is 5.77. The molecule has 20 heavy (non-hydrogen) atoms. The van der Waals surface area contributed by atoms with Gasteiger partial charge in [0.25, 0.3) is 11.7 Å². The van der Waals surface area contributed by atoms with Crippen LogP contribution in [0.5, 0.6) is 0 Å². The highest BCUT2D eigenvalue weighted by atomic mass is 16.6. The maximum atomic E-state index is 10.7. The highest BCUT2D eigenvalue weighted by Crippen LogP contribution is 2.24. The number of rotatable bonds is 6. The number of non-ortho nitro benzene ring substituents is 1. The Labute approximate surface area is 116 Å². The van der Waals surface area contributed by atoms with Crippen LogP contribution in [0.15, 0.2) is 22.6 Å². The fraction of sp³-hybridized carbons (Fsp3) is 0.462. The number of ether oxygens (including phenoxy) is 1. The summed E-state index contributed by atoms with van der Waals surface area (Å²) in [5, 5.41) is 13.9. The van der Waals surface area contributed by atoms with Crippen LogP contribution >= 0.6 is 0 Å². The second-order valence-electron chi connectivity index (χ2n) is 4.88. The normalized spacial score (nSPS) is 12.8. The number of nitro benzene ring substituents is 1. The molecule has 0 saturated carbocycles. The molecule has 7 nitrogen and oxygen atoms in total. The Balaban J connectivity index is 2.24. The van der Waals surface area contributed by atoms with Crippen molar-refractivity contribution in [2.75, 3.05) is 19.0 Å². The van der Waals surface area contributed by atoms with Gasteiger partial charge >= 0.3 is 0 Å². The zero-order valence-electron chi connectivity index (χ0n) is 11.6. The van der Waals surface area contributed by atoms with Crippen LogP contribution < -0.4 is 5.32 Å². The number of nitrogens with zero attached hydrogens (tertiary/aromatic N) is 2. The zero-order chi connectivity index (χ0) is 14.7. The van der Waals surface area contributed by atoms with E-state index in [9.17, 15) is 10.1 Å². The van der Waals surface area contributed by atoms with E-state index < -0.39 is 4.92 Å². The Hall–Kier alpha value is -2.15. The molecule has 1 aromatic carbocycles. The Morgan fingerprint density at radius 1 is 1.50 bits per heavy atom. The third-order valence-electron chi connectivity index (χ3n) is 3.04. The summed E-state index contributed by atoms with van der Waals surface area (Å²) in [5.74, 6) is 0.333. The molecule has 0 radical (unpaired) electrons. The molecule has 0 aliphatic rings. The van der Waals surface area contributed by atoms with Crippen molar-refractivity contribution in [2.24, 2.45) is 5.92 Å². The van der Waals surface area contributed by atoms with Gasteiger partial charge in [-0.1, -0.05) is 13.8 Å². The first kappa shape index (κ1) is 14.3. The van der Waals surface area contributed by atoms with Crippen LogP contribution in [-0.4, -0.2) is 29.7 Å². The number of hydrogen-bond acceptors (Lipinski definition) is 6. The summed E-state index contributed by atoms with van der Waals surface area (Å²) in [5.41, 5.74) is 0.956. The van der Waals surface area contributed by atoms with E-state index in [-0.39, 0.29) is 11.7 Å². The van der Waals surface area contributed by atoms with Crippen LogP contribution in [0.25, 0.3) is 11.1 Å². The lowest BCUT2D eigenvalue weighted by molar-refractivity contribution is -0.384. The zero-order valence-corrected chi connectivity index (χ0v) is 11.6. The third-order valence-corrected chi connectivity index (χ3v) is 3.04. The number of methoxy groups -OCH3 is 1. The molecule has 0 aliphatic heterocycles. The molecule has 0 spiro atoms. The minimum atomic E-state index is -0.461. The van der Waals surface area contributed by atoms with Crippen molar-refractivity contribution in [1.29, 1.82) is 0 Å². The van der Waals surface area contributed by atoms with Gasteiger partial charge in [0, 0.05) is 13.2 Å². The Bertz CT molecular complexity index is 609. The number of aromatic nitrogens is 1. The van der Waals surface area contributed by atoms with Gasteiger partial charge in [0.2, 0.25) is 0 Å². The minimum absolute atomic E-state index is 0.0162. The Morgan fingerprint density at radius 2 is 2.25 bits per heavy atom. The Kier molecular flexibility index (Phi) is 4.19. The first-order valence-electron chi connectivity index (χ1n) is 6.31. The second-order valence-corrected chi connectivity index (χ2v) is 4.88. The van der Waals surface area contributed by atoms with Crippen molar-refractivity contribution in [3.63, 3.8) is 0 Å². The molecule has 0 saturated heterocycles. The highest BCUT2D eigenvalue weighted by Gasteiger charge is 2.17. The number of fused-ring (bicyclic) bond motifs is 1. The van der Waals surface area contributed by atoms with E-state index in [0.29, 0.717) is 29.6 Å². The average Bonchev–Trinajstić information content (AvgIpc) is 2.79. The largest absolute Gasteiger partial charge is 0.423 e. The summed E-state index contributed by atoms with van der Waals surface area (Å²) in [6, 6.07) is 4.75. The standard InChI is InChI=1S/C13H17N3O4/c1-8(2)11(7-19-3)15-13-14-10-5-4-9(16(17)18)6-12(10)20-13/h4-6,8,11H,7H2,1-3H3,(H,14,15). The summed E-state index contributed by atoms with van der Waals surface area (Å²) < 4.78 is 10.6. The number of hydrogen-bond donors (Lipinski definition) is 1. The van der Waals surface area contributed by atoms with Crippen LogP contribution in [0.3, 0.4) is 0 Å². The van der Waals surface area contributed by atoms with E-state index in [1.807, 2.05) is 0 Å². The fourth-order valence-electron chi connectivity index (χ4n) is 1.83. The maximum absolute atomic E-state index is 10.7. The minimum Gasteiger partial charge on any atom is -0.423 e. The molecule has 0 bridgehead atoms. The van der Waals surface area contributed by atoms with E-state index in [4.69, 9.17) is 9.15 Å². The van der Waals surface area contributed by atoms with E-state index in [1.54, 1.807) is 13.2 Å². The molecule has 108 valence electrons. The SMILES string of the molecule is COCC(Nc1nc2ccc([N+](=O)[O-])cc2o1)C(C)C. The van der Waals surface area contributed by atoms with E-state index in [1.165, 1.54) is 12.1 Å². The summed E-state index contributed by atoms with van der Waals surface area (Å²) >= 11 is 0. The fourth-order valence-corrected chi connectivity index (χ4v) is 1.83. The molecule has 1 aromatic heterocycles. The van der Waals surface area contributed by atoms with Crippen molar-refractivity contribution in [3.05, 3.63) is 28.3 Å². The van der Waals surface area contributed by atoms with Crippen LogP contribution in [0.2, 0.25) is 0 Å². The molecule has 2 aromatic rings. The van der Waals surface area contributed by atoms with Crippen LogP contribution in [0, 0.1) is 16.0 Å². The lowest BCUT2D eigenvalue weighted by Gasteiger charge is -2.20. The van der Waals surface area contributed by atoms with Gasteiger partial charge in [-0.2, -0.15) is 4.98 Å². The van der Waals surface area contributed by atoms with Gasteiger partial charge in [-0.15, -0.1) is 0 Å². The van der Waals surface area contributed by atoms with Crippen molar-refractivity contribution in [2.45, 2.75) is 19.9 Å². The third kappa shape index (κ3) is 3.05. The predicted octanol–water partition coefficient (Wildman–Crippen LogP) is 2.82. The quantitative estimate of drug-likeness (QED) is 0.646. The summed E-state index contributed by atoms with van der Waals surface area (Å²) in [4.78, 5) is 14.5. The molecule has 0 aliphatic carbocycles. The molecule has 1 N–H and O–H groups in total. The van der Waals surface area contributed by atoms with Crippen LogP contribution in [0.4, 0.5) is 11.7 Å². The van der Waals surface area contributed by atoms with E-state index in [2.05, 4.69) is 24.1 Å². The van der Waals surface area contributed by atoms with Crippen LogP contribution in [-0.2, 0) is 4.74 Å². The molecule has 2 rings (SSSR count). The van der Waals surface area contributed by atoms with Crippen molar-refractivity contribution in [1.82, 2.24) is 4.98 Å². The lowest BCUT2D eigenvalue weighted by atomic mass is 10.1. The van der Waals surface area contributed by atoms with Crippen LogP contribution in [0.1, 0.15) is 13.8 Å². The molecule has 7 heteroatoms. The van der Waals surface area contributed by atoms with E-state index >= 15 is 0 Å². The monoisotopic (exact) mass is 279 g/mol. The topological polar surface area (TPSA) is 90.4 Å². The lowest BCUT2D eigenvalue weighted by Crippen LogP contribution is -2.30. The molecule has 1 unspecified atom stereocenters. The molecule has 1 atom stereocenters. The predicted molar refractivity (Wildman–Crippen MR) is 74.8 cm³/mol. The van der Waals surface area contributed by atoms with Gasteiger partial charge in [-0.05, 0) is 12.0 Å². The smallest absolute Gasteiger partial charge is 0.295 e. The van der Waals surface area contributed by atoms with Gasteiger partial charge in [0.15, 0.2) is 5.58 Å². The summed E-state index contributed by atoms with van der Waals surface area (Å²) in [7, 11) is 1.63.